The summed E-state index contributed by atoms with van der Waals surface area (Å²) >= 11 is 0. The third kappa shape index (κ3) is 6.48. The van der Waals surface area contributed by atoms with Crippen LogP contribution >= 0.6 is 0 Å². The molecule has 0 saturated carbocycles. The molecule has 3 heteroatoms. The van der Waals surface area contributed by atoms with E-state index < -0.39 is 5.60 Å². The second-order valence-electron chi connectivity index (χ2n) is 6.58. The lowest BCUT2D eigenvalue weighted by molar-refractivity contribution is 0.0493. The Morgan fingerprint density at radius 2 is 1.86 bits per heavy atom. The third-order valence-electron chi connectivity index (χ3n) is 3.38. The number of carbonyl (C=O) groups excluding carboxylic acids is 1. The van der Waals surface area contributed by atoms with Gasteiger partial charge in [-0.3, -0.25) is 0 Å². The second-order valence-corrected chi connectivity index (χ2v) is 6.58. The van der Waals surface area contributed by atoms with Gasteiger partial charge in [-0.1, -0.05) is 49.4 Å². The summed E-state index contributed by atoms with van der Waals surface area (Å²) in [4.78, 5) is 12.0. The molecule has 0 heterocycles. The summed E-state index contributed by atoms with van der Waals surface area (Å²) in [6, 6.07) is 10.1. The number of amides is 1. The van der Waals surface area contributed by atoms with Gasteiger partial charge in [-0.25, -0.2) is 4.79 Å². The van der Waals surface area contributed by atoms with Crippen molar-refractivity contribution < 1.29 is 9.53 Å². The summed E-state index contributed by atoms with van der Waals surface area (Å²) in [5, 5.41) is 2.98. The van der Waals surface area contributed by atoms with Gasteiger partial charge in [-0.15, -0.1) is 0 Å². The molecule has 21 heavy (non-hydrogen) atoms. The van der Waals surface area contributed by atoms with Crippen LogP contribution in [0.5, 0.6) is 0 Å². The van der Waals surface area contributed by atoms with E-state index in [4.69, 9.17) is 4.74 Å². The molecule has 0 fully saturated rings. The second kappa shape index (κ2) is 7.30. The van der Waals surface area contributed by atoms with E-state index in [1.54, 1.807) is 0 Å². The van der Waals surface area contributed by atoms with Crippen LogP contribution in [0, 0.1) is 5.92 Å². The van der Waals surface area contributed by atoms with Gasteiger partial charge in [-0.2, -0.15) is 0 Å². The number of alkyl carbamates (subject to hydrolysis) is 1. The Balaban J connectivity index is 2.78. The highest BCUT2D eigenvalue weighted by atomic mass is 16.6. The Hall–Kier alpha value is -1.77. The molecule has 0 spiro atoms. The van der Waals surface area contributed by atoms with Crippen molar-refractivity contribution in [3.8, 4) is 0 Å². The lowest BCUT2D eigenvalue weighted by atomic mass is 9.90. The lowest BCUT2D eigenvalue weighted by Crippen LogP contribution is -2.43. The van der Waals surface area contributed by atoms with Gasteiger partial charge in [0.15, 0.2) is 0 Å². The zero-order valence-corrected chi connectivity index (χ0v) is 13.8. The number of ether oxygens (including phenoxy) is 1. The predicted octanol–water partition coefficient (Wildman–Crippen LogP) is 4.33. The molecule has 0 aliphatic heterocycles. The van der Waals surface area contributed by atoms with Crippen molar-refractivity contribution in [2.45, 2.75) is 52.7 Å². The van der Waals surface area contributed by atoms with E-state index in [0.29, 0.717) is 0 Å². The fourth-order valence-electron chi connectivity index (χ4n) is 2.02. The number of rotatable bonds is 5. The highest BCUT2D eigenvalue weighted by molar-refractivity contribution is 5.68. The minimum absolute atomic E-state index is 0.0280. The zero-order chi connectivity index (χ0) is 16.0. The molecule has 1 rings (SSSR count). The van der Waals surface area contributed by atoms with Gasteiger partial charge in [-0.05, 0) is 45.6 Å². The number of nitrogens with one attached hydrogen (secondary N) is 1. The maximum absolute atomic E-state index is 12.0. The van der Waals surface area contributed by atoms with Crippen LogP contribution in [0.1, 0.15) is 40.2 Å². The maximum atomic E-state index is 12.0. The standard InChI is InChI=1S/C18H27NO2/c1-13(2)14(3)16(12-15-10-8-7-9-11-15)19-17(20)21-18(4,5)6/h7-11,14,16H,1,12H2,2-6H3,(H,19,20)/t14-,16+/m1/s1. The van der Waals surface area contributed by atoms with Crippen LogP contribution in [0.4, 0.5) is 4.79 Å². The van der Waals surface area contributed by atoms with E-state index in [-0.39, 0.29) is 18.1 Å². The quantitative estimate of drug-likeness (QED) is 0.819. The van der Waals surface area contributed by atoms with Crippen molar-refractivity contribution in [3.05, 3.63) is 48.0 Å². The first-order chi connectivity index (χ1) is 9.69. The highest BCUT2D eigenvalue weighted by Gasteiger charge is 2.23. The smallest absolute Gasteiger partial charge is 0.407 e. The molecule has 1 aromatic carbocycles. The molecule has 0 aliphatic carbocycles. The van der Waals surface area contributed by atoms with Gasteiger partial charge in [0, 0.05) is 6.04 Å². The van der Waals surface area contributed by atoms with Crippen molar-refractivity contribution in [1.29, 1.82) is 0 Å². The van der Waals surface area contributed by atoms with Crippen LogP contribution in [0.25, 0.3) is 0 Å². The molecule has 0 radical (unpaired) electrons. The Bertz CT molecular complexity index is 474. The van der Waals surface area contributed by atoms with Crippen molar-refractivity contribution in [2.75, 3.05) is 0 Å². The first-order valence-corrected chi connectivity index (χ1v) is 7.38. The lowest BCUT2D eigenvalue weighted by Gasteiger charge is -2.28. The SMILES string of the molecule is C=C(C)[C@@H](C)[C@H](Cc1ccccc1)NC(=O)OC(C)(C)C. The van der Waals surface area contributed by atoms with Gasteiger partial charge >= 0.3 is 6.09 Å². The Morgan fingerprint density at radius 1 is 1.29 bits per heavy atom. The minimum Gasteiger partial charge on any atom is -0.444 e. The van der Waals surface area contributed by atoms with E-state index >= 15 is 0 Å². The summed E-state index contributed by atoms with van der Waals surface area (Å²) in [6.07, 6.45) is 0.380. The number of hydrogen-bond acceptors (Lipinski definition) is 2. The molecule has 1 aromatic rings. The fourth-order valence-corrected chi connectivity index (χ4v) is 2.02. The predicted molar refractivity (Wildman–Crippen MR) is 87.3 cm³/mol. The average molecular weight is 289 g/mol. The molecule has 1 N–H and O–H groups in total. The first-order valence-electron chi connectivity index (χ1n) is 7.38. The summed E-state index contributed by atoms with van der Waals surface area (Å²) in [5.41, 5.74) is 1.74. The van der Waals surface area contributed by atoms with Crippen molar-refractivity contribution in [1.82, 2.24) is 5.32 Å². The topological polar surface area (TPSA) is 38.3 Å². The molecule has 0 aliphatic rings. The molecular weight excluding hydrogens is 262 g/mol. The van der Waals surface area contributed by atoms with Crippen molar-refractivity contribution >= 4 is 6.09 Å². The van der Waals surface area contributed by atoms with Gasteiger partial charge in [0.1, 0.15) is 5.60 Å². The monoisotopic (exact) mass is 289 g/mol. The molecule has 116 valence electrons. The molecule has 2 atom stereocenters. The van der Waals surface area contributed by atoms with Gasteiger partial charge in [0.25, 0.3) is 0 Å². The van der Waals surface area contributed by atoms with E-state index in [1.807, 2.05) is 45.9 Å². The van der Waals surface area contributed by atoms with Crippen LogP contribution in [0.15, 0.2) is 42.5 Å². The first kappa shape index (κ1) is 17.3. The normalized spacial score (nSPS) is 14.1. The van der Waals surface area contributed by atoms with Crippen LogP contribution in [0.3, 0.4) is 0 Å². The fraction of sp³-hybridized carbons (Fsp3) is 0.500. The van der Waals surface area contributed by atoms with E-state index in [0.717, 1.165) is 12.0 Å². The summed E-state index contributed by atoms with van der Waals surface area (Å²) in [5.74, 6) is 0.178. The van der Waals surface area contributed by atoms with E-state index in [1.165, 1.54) is 5.56 Å². The summed E-state index contributed by atoms with van der Waals surface area (Å²) < 4.78 is 5.36. The third-order valence-corrected chi connectivity index (χ3v) is 3.38. The Labute approximate surface area is 128 Å². The van der Waals surface area contributed by atoms with Crippen molar-refractivity contribution in [2.24, 2.45) is 5.92 Å². The molecule has 0 unspecified atom stereocenters. The molecule has 0 aromatic heterocycles. The number of hydrogen-bond donors (Lipinski definition) is 1. The Morgan fingerprint density at radius 3 is 2.33 bits per heavy atom. The zero-order valence-electron chi connectivity index (χ0n) is 13.8. The van der Waals surface area contributed by atoms with Crippen LogP contribution in [-0.4, -0.2) is 17.7 Å². The van der Waals surface area contributed by atoms with E-state index in [9.17, 15) is 4.79 Å². The van der Waals surface area contributed by atoms with Crippen LogP contribution in [0.2, 0.25) is 0 Å². The van der Waals surface area contributed by atoms with Gasteiger partial charge in [0.05, 0.1) is 0 Å². The van der Waals surface area contributed by atoms with E-state index in [2.05, 4.69) is 31.0 Å². The molecule has 1 amide bonds. The minimum atomic E-state index is -0.492. The van der Waals surface area contributed by atoms with Gasteiger partial charge in [0.2, 0.25) is 0 Å². The highest BCUT2D eigenvalue weighted by Crippen LogP contribution is 2.18. The van der Waals surface area contributed by atoms with Crippen LogP contribution in [-0.2, 0) is 11.2 Å². The van der Waals surface area contributed by atoms with Gasteiger partial charge < -0.3 is 10.1 Å². The van der Waals surface area contributed by atoms with Crippen molar-refractivity contribution in [3.63, 3.8) is 0 Å². The average Bonchev–Trinajstić information content (AvgIpc) is 2.36. The molecular formula is C18H27NO2. The molecule has 3 nitrogen and oxygen atoms in total. The summed E-state index contributed by atoms with van der Waals surface area (Å²) in [6.45, 7) is 13.7. The molecule has 0 bridgehead atoms. The molecule has 0 saturated heterocycles. The number of carbonyl (C=O) groups is 1. The largest absolute Gasteiger partial charge is 0.444 e. The maximum Gasteiger partial charge on any atom is 0.407 e. The van der Waals surface area contributed by atoms with Crippen LogP contribution < -0.4 is 5.32 Å². The number of benzene rings is 1. The summed E-state index contributed by atoms with van der Waals surface area (Å²) in [7, 11) is 0. The Kier molecular flexibility index (Phi) is 6.01.